The Morgan fingerprint density at radius 1 is 1.38 bits per heavy atom. The number of hydrogen-bond acceptors (Lipinski definition) is 2. The average Bonchev–Trinajstić information content (AvgIpc) is 2.73. The molecule has 114 valence electrons. The van der Waals surface area contributed by atoms with Crippen molar-refractivity contribution in [1.82, 2.24) is 9.78 Å². The van der Waals surface area contributed by atoms with E-state index in [0.717, 1.165) is 34.5 Å². The predicted octanol–water partition coefficient (Wildman–Crippen LogP) is 3.76. The van der Waals surface area contributed by atoms with Gasteiger partial charge in [-0.05, 0) is 65.4 Å². The molecule has 0 saturated carbocycles. The summed E-state index contributed by atoms with van der Waals surface area (Å²) >= 11 is 9.72. The van der Waals surface area contributed by atoms with Gasteiger partial charge < -0.3 is 5.73 Å². The second kappa shape index (κ2) is 7.43. The molecule has 2 N–H and O–H groups in total. The molecular formula is C16H21BrClN3. The SMILES string of the molecule is CCc1nn(C)c(CC(CN)Cc2cccc(Cl)c2)c1Br. The highest BCUT2D eigenvalue weighted by atomic mass is 79.9. The van der Waals surface area contributed by atoms with Gasteiger partial charge in [0.15, 0.2) is 0 Å². The Morgan fingerprint density at radius 2 is 2.14 bits per heavy atom. The highest BCUT2D eigenvalue weighted by molar-refractivity contribution is 9.10. The Morgan fingerprint density at radius 3 is 2.71 bits per heavy atom. The van der Waals surface area contributed by atoms with Crippen LogP contribution in [-0.2, 0) is 26.3 Å². The highest BCUT2D eigenvalue weighted by Gasteiger charge is 2.17. The Labute approximate surface area is 139 Å². The summed E-state index contributed by atoms with van der Waals surface area (Å²) in [5.41, 5.74) is 9.51. The Kier molecular flexibility index (Phi) is 5.85. The minimum Gasteiger partial charge on any atom is -0.330 e. The maximum absolute atomic E-state index is 6.05. The lowest BCUT2D eigenvalue weighted by molar-refractivity contribution is 0.509. The molecule has 0 spiro atoms. The summed E-state index contributed by atoms with van der Waals surface area (Å²) in [4.78, 5) is 0. The zero-order valence-electron chi connectivity index (χ0n) is 12.4. The van der Waals surface area contributed by atoms with Gasteiger partial charge in [-0.1, -0.05) is 30.7 Å². The lowest BCUT2D eigenvalue weighted by Crippen LogP contribution is -2.20. The minimum atomic E-state index is 0.375. The maximum atomic E-state index is 6.05. The third-order valence-corrected chi connectivity index (χ3v) is 4.88. The van der Waals surface area contributed by atoms with E-state index in [0.29, 0.717) is 12.5 Å². The van der Waals surface area contributed by atoms with Gasteiger partial charge in [0.1, 0.15) is 0 Å². The molecular weight excluding hydrogens is 350 g/mol. The van der Waals surface area contributed by atoms with E-state index in [1.165, 1.54) is 11.3 Å². The zero-order valence-corrected chi connectivity index (χ0v) is 14.8. The van der Waals surface area contributed by atoms with Crippen LogP contribution in [0.1, 0.15) is 23.9 Å². The van der Waals surface area contributed by atoms with Gasteiger partial charge in [0.2, 0.25) is 0 Å². The van der Waals surface area contributed by atoms with Crippen molar-refractivity contribution in [2.75, 3.05) is 6.54 Å². The van der Waals surface area contributed by atoms with E-state index in [4.69, 9.17) is 17.3 Å². The van der Waals surface area contributed by atoms with E-state index in [-0.39, 0.29) is 0 Å². The van der Waals surface area contributed by atoms with E-state index in [9.17, 15) is 0 Å². The van der Waals surface area contributed by atoms with Crippen molar-refractivity contribution in [3.63, 3.8) is 0 Å². The minimum absolute atomic E-state index is 0.375. The van der Waals surface area contributed by atoms with E-state index in [2.05, 4.69) is 34.0 Å². The molecule has 1 atom stereocenters. The quantitative estimate of drug-likeness (QED) is 0.841. The monoisotopic (exact) mass is 369 g/mol. The van der Waals surface area contributed by atoms with Gasteiger partial charge in [0.25, 0.3) is 0 Å². The van der Waals surface area contributed by atoms with Gasteiger partial charge in [0, 0.05) is 12.1 Å². The molecule has 21 heavy (non-hydrogen) atoms. The van der Waals surface area contributed by atoms with Crippen LogP contribution in [0, 0.1) is 5.92 Å². The molecule has 0 aliphatic heterocycles. The molecule has 0 amide bonds. The molecule has 2 rings (SSSR count). The first-order valence-electron chi connectivity index (χ1n) is 7.19. The average molecular weight is 371 g/mol. The standard InChI is InChI=1S/C16H21BrClN3/c1-3-14-16(17)15(21(2)20-14)9-12(10-19)7-11-5-4-6-13(18)8-11/h4-6,8,12H,3,7,9-10,19H2,1-2H3. The zero-order chi connectivity index (χ0) is 15.4. The maximum Gasteiger partial charge on any atom is 0.0766 e. The number of aromatic nitrogens is 2. The van der Waals surface area contributed by atoms with Crippen molar-refractivity contribution in [2.45, 2.75) is 26.2 Å². The molecule has 0 radical (unpaired) electrons. The molecule has 3 nitrogen and oxygen atoms in total. The molecule has 0 aliphatic rings. The Bertz CT molecular complexity index is 610. The fraction of sp³-hybridized carbons (Fsp3) is 0.438. The molecule has 1 heterocycles. The molecule has 5 heteroatoms. The van der Waals surface area contributed by atoms with Gasteiger partial charge in [0.05, 0.1) is 15.9 Å². The van der Waals surface area contributed by atoms with Crippen LogP contribution in [0.5, 0.6) is 0 Å². The van der Waals surface area contributed by atoms with E-state index in [1.54, 1.807) is 0 Å². The third kappa shape index (κ3) is 4.09. The van der Waals surface area contributed by atoms with Crippen LogP contribution < -0.4 is 5.73 Å². The first kappa shape index (κ1) is 16.5. The van der Waals surface area contributed by atoms with Crippen LogP contribution in [0.25, 0.3) is 0 Å². The lowest BCUT2D eigenvalue weighted by Gasteiger charge is -2.15. The van der Waals surface area contributed by atoms with Crippen molar-refractivity contribution >= 4 is 27.5 Å². The molecule has 0 fully saturated rings. The van der Waals surface area contributed by atoms with E-state index < -0.39 is 0 Å². The van der Waals surface area contributed by atoms with Crippen LogP contribution in [0.15, 0.2) is 28.7 Å². The fourth-order valence-electron chi connectivity index (χ4n) is 2.55. The first-order valence-corrected chi connectivity index (χ1v) is 8.37. The summed E-state index contributed by atoms with van der Waals surface area (Å²) in [5, 5.41) is 5.32. The second-order valence-electron chi connectivity index (χ2n) is 5.32. The predicted molar refractivity (Wildman–Crippen MR) is 91.7 cm³/mol. The van der Waals surface area contributed by atoms with Crippen molar-refractivity contribution in [3.8, 4) is 0 Å². The molecule has 0 saturated heterocycles. The summed E-state index contributed by atoms with van der Waals surface area (Å²) in [5.74, 6) is 0.375. The van der Waals surface area contributed by atoms with E-state index >= 15 is 0 Å². The van der Waals surface area contributed by atoms with Crippen molar-refractivity contribution in [1.29, 1.82) is 0 Å². The normalized spacial score (nSPS) is 12.6. The summed E-state index contributed by atoms with van der Waals surface area (Å²) in [7, 11) is 1.99. The third-order valence-electron chi connectivity index (χ3n) is 3.73. The van der Waals surface area contributed by atoms with E-state index in [1.807, 2.05) is 29.9 Å². The van der Waals surface area contributed by atoms with Crippen LogP contribution in [0.2, 0.25) is 5.02 Å². The van der Waals surface area contributed by atoms with Crippen molar-refractivity contribution in [2.24, 2.45) is 18.7 Å². The Balaban J connectivity index is 2.14. The number of halogens is 2. The first-order chi connectivity index (χ1) is 10.0. The summed E-state index contributed by atoms with van der Waals surface area (Å²) in [6.45, 7) is 2.76. The number of benzene rings is 1. The van der Waals surface area contributed by atoms with Crippen molar-refractivity contribution in [3.05, 3.63) is 50.7 Å². The smallest absolute Gasteiger partial charge is 0.0766 e. The van der Waals surface area contributed by atoms with Gasteiger partial charge in [-0.3, -0.25) is 4.68 Å². The van der Waals surface area contributed by atoms with Gasteiger partial charge >= 0.3 is 0 Å². The van der Waals surface area contributed by atoms with Crippen LogP contribution in [-0.4, -0.2) is 16.3 Å². The van der Waals surface area contributed by atoms with Crippen LogP contribution in [0.3, 0.4) is 0 Å². The Hall–Kier alpha value is -0.840. The van der Waals surface area contributed by atoms with Gasteiger partial charge in [-0.15, -0.1) is 0 Å². The van der Waals surface area contributed by atoms with Crippen LogP contribution >= 0.6 is 27.5 Å². The molecule has 0 aliphatic carbocycles. The number of nitrogens with two attached hydrogens (primary N) is 1. The van der Waals surface area contributed by atoms with Gasteiger partial charge in [-0.2, -0.15) is 5.10 Å². The lowest BCUT2D eigenvalue weighted by atomic mass is 9.94. The molecule has 1 aromatic heterocycles. The summed E-state index contributed by atoms with van der Waals surface area (Å²) in [6, 6.07) is 8.00. The second-order valence-corrected chi connectivity index (χ2v) is 6.55. The number of rotatable bonds is 6. The largest absolute Gasteiger partial charge is 0.330 e. The van der Waals surface area contributed by atoms with Crippen LogP contribution in [0.4, 0.5) is 0 Å². The molecule has 2 aromatic rings. The fourth-order valence-corrected chi connectivity index (χ4v) is 3.54. The van der Waals surface area contributed by atoms with Gasteiger partial charge in [-0.25, -0.2) is 0 Å². The topological polar surface area (TPSA) is 43.8 Å². The molecule has 1 aromatic carbocycles. The number of aryl methyl sites for hydroxylation is 2. The molecule has 0 bridgehead atoms. The summed E-state index contributed by atoms with van der Waals surface area (Å²) < 4.78 is 3.08. The van der Waals surface area contributed by atoms with Crippen molar-refractivity contribution < 1.29 is 0 Å². The number of nitrogens with zero attached hydrogens (tertiary/aromatic N) is 2. The molecule has 1 unspecified atom stereocenters. The number of hydrogen-bond donors (Lipinski definition) is 1. The summed E-state index contributed by atoms with van der Waals surface area (Å²) in [6.07, 6.45) is 2.76. The highest BCUT2D eigenvalue weighted by Crippen LogP contribution is 2.25.